The van der Waals surface area contributed by atoms with Gasteiger partial charge in [0.05, 0.1) is 18.0 Å². The van der Waals surface area contributed by atoms with Crippen molar-refractivity contribution in [2.75, 3.05) is 7.11 Å². The summed E-state index contributed by atoms with van der Waals surface area (Å²) in [5.74, 6) is 1.92. The van der Waals surface area contributed by atoms with E-state index in [9.17, 15) is 4.79 Å². The molecular weight excluding hydrogens is 388 g/mol. The number of aromatic nitrogens is 2. The molecule has 0 atom stereocenters. The van der Waals surface area contributed by atoms with Crippen molar-refractivity contribution >= 4 is 22.5 Å². The van der Waals surface area contributed by atoms with E-state index in [0.717, 1.165) is 22.4 Å². The van der Waals surface area contributed by atoms with Gasteiger partial charge in [-0.3, -0.25) is 4.79 Å². The summed E-state index contributed by atoms with van der Waals surface area (Å²) in [4.78, 5) is 19.8. The highest BCUT2D eigenvalue weighted by molar-refractivity contribution is 6.31. The summed E-state index contributed by atoms with van der Waals surface area (Å²) in [6, 6.07) is 18.4. The number of ether oxygens (including phenoxy) is 2. The van der Waals surface area contributed by atoms with Crippen molar-refractivity contribution in [2.24, 2.45) is 0 Å². The van der Waals surface area contributed by atoms with E-state index in [1.165, 1.54) is 0 Å². The Morgan fingerprint density at radius 3 is 2.69 bits per heavy atom. The average Bonchev–Trinajstić information content (AvgIpc) is 2.74. The van der Waals surface area contributed by atoms with E-state index in [1.54, 1.807) is 13.2 Å². The van der Waals surface area contributed by atoms with E-state index < -0.39 is 0 Å². The first-order chi connectivity index (χ1) is 14.0. The van der Waals surface area contributed by atoms with E-state index >= 15 is 0 Å². The van der Waals surface area contributed by atoms with Crippen LogP contribution in [0.4, 0.5) is 0 Å². The Kier molecular flexibility index (Phi) is 5.23. The molecule has 6 heteroatoms. The first-order valence-corrected chi connectivity index (χ1v) is 9.48. The molecule has 0 amide bonds. The number of fused-ring (bicyclic) bond motifs is 1. The monoisotopic (exact) mass is 406 g/mol. The highest BCUT2D eigenvalue weighted by atomic mass is 35.5. The molecule has 146 valence electrons. The van der Waals surface area contributed by atoms with Crippen molar-refractivity contribution < 1.29 is 9.47 Å². The molecular formula is C23H19ClN2O3. The Hall–Kier alpha value is -3.31. The van der Waals surface area contributed by atoms with Gasteiger partial charge in [-0.15, -0.1) is 0 Å². The molecule has 0 saturated carbocycles. The molecule has 0 fully saturated rings. The number of nitrogens with one attached hydrogen (secondary N) is 1. The standard InChI is InChI=1S/C23H19ClN2O3/c1-14-11-17(8-9-19(14)24)29-13-16-12-15(7-10-21(16)28-2)22-25-20-6-4-3-5-18(20)23(27)26-22/h3-12H,13H2,1-2H3,(H,25,26,27). The zero-order valence-electron chi connectivity index (χ0n) is 16.0. The van der Waals surface area contributed by atoms with Crippen molar-refractivity contribution in [3.05, 3.63) is 87.2 Å². The maximum Gasteiger partial charge on any atom is 0.259 e. The highest BCUT2D eigenvalue weighted by Crippen LogP contribution is 2.27. The lowest BCUT2D eigenvalue weighted by molar-refractivity contribution is 0.296. The van der Waals surface area contributed by atoms with Crippen LogP contribution in [0.15, 0.2) is 65.5 Å². The van der Waals surface area contributed by atoms with Gasteiger partial charge in [-0.1, -0.05) is 23.7 Å². The third-order valence-electron chi connectivity index (χ3n) is 4.69. The van der Waals surface area contributed by atoms with Crippen molar-refractivity contribution in [1.82, 2.24) is 9.97 Å². The number of nitrogens with zero attached hydrogens (tertiary/aromatic N) is 1. The van der Waals surface area contributed by atoms with Crippen molar-refractivity contribution in [2.45, 2.75) is 13.5 Å². The first kappa shape index (κ1) is 19.0. The minimum Gasteiger partial charge on any atom is -0.496 e. The zero-order valence-corrected chi connectivity index (χ0v) is 16.8. The van der Waals surface area contributed by atoms with Crippen LogP contribution in [-0.2, 0) is 6.61 Å². The van der Waals surface area contributed by atoms with Gasteiger partial charge in [0.2, 0.25) is 0 Å². The van der Waals surface area contributed by atoms with Gasteiger partial charge in [-0.25, -0.2) is 4.98 Å². The second-order valence-corrected chi connectivity index (χ2v) is 7.07. The summed E-state index contributed by atoms with van der Waals surface area (Å²) in [6.45, 7) is 2.23. The molecule has 0 radical (unpaired) electrons. The van der Waals surface area contributed by atoms with Crippen LogP contribution in [0.3, 0.4) is 0 Å². The maximum atomic E-state index is 12.4. The molecule has 1 aromatic heterocycles. The lowest BCUT2D eigenvalue weighted by Crippen LogP contribution is -2.09. The molecule has 0 aliphatic heterocycles. The molecule has 29 heavy (non-hydrogen) atoms. The summed E-state index contributed by atoms with van der Waals surface area (Å²) < 4.78 is 11.4. The minimum atomic E-state index is -0.171. The quantitative estimate of drug-likeness (QED) is 0.498. The van der Waals surface area contributed by atoms with Gasteiger partial charge in [-0.2, -0.15) is 0 Å². The number of H-pyrrole nitrogens is 1. The van der Waals surface area contributed by atoms with Gasteiger partial charge in [0.1, 0.15) is 23.9 Å². The Bertz CT molecular complexity index is 1250. The number of methoxy groups -OCH3 is 1. The van der Waals surface area contributed by atoms with Crippen LogP contribution in [-0.4, -0.2) is 17.1 Å². The fraction of sp³-hybridized carbons (Fsp3) is 0.130. The fourth-order valence-corrected chi connectivity index (χ4v) is 3.25. The summed E-state index contributed by atoms with van der Waals surface area (Å²) in [6.07, 6.45) is 0. The molecule has 4 rings (SSSR count). The molecule has 0 spiro atoms. The molecule has 3 aromatic carbocycles. The average molecular weight is 407 g/mol. The summed E-state index contributed by atoms with van der Waals surface area (Å²) in [7, 11) is 1.61. The number of hydrogen-bond donors (Lipinski definition) is 1. The van der Waals surface area contributed by atoms with Crippen LogP contribution in [0.2, 0.25) is 5.02 Å². The second kappa shape index (κ2) is 7.97. The third-order valence-corrected chi connectivity index (χ3v) is 5.11. The second-order valence-electron chi connectivity index (χ2n) is 6.66. The molecule has 0 saturated heterocycles. The molecule has 0 aliphatic carbocycles. The maximum absolute atomic E-state index is 12.4. The van der Waals surface area contributed by atoms with E-state index in [1.807, 2.05) is 61.5 Å². The number of hydrogen-bond acceptors (Lipinski definition) is 4. The highest BCUT2D eigenvalue weighted by Gasteiger charge is 2.11. The van der Waals surface area contributed by atoms with Crippen LogP contribution in [0.25, 0.3) is 22.3 Å². The Morgan fingerprint density at radius 2 is 1.90 bits per heavy atom. The minimum absolute atomic E-state index is 0.171. The molecule has 1 N–H and O–H groups in total. The predicted octanol–water partition coefficient (Wildman–Crippen LogP) is 5.14. The SMILES string of the molecule is COc1ccc(-c2nc3ccccc3c(=O)[nH]2)cc1COc1ccc(Cl)c(C)c1. The molecule has 0 unspecified atom stereocenters. The number of halogens is 1. The van der Waals surface area contributed by atoms with Gasteiger partial charge in [-0.05, 0) is 61.0 Å². The van der Waals surface area contributed by atoms with Crippen molar-refractivity contribution in [1.29, 1.82) is 0 Å². The first-order valence-electron chi connectivity index (χ1n) is 9.10. The van der Waals surface area contributed by atoms with E-state index in [4.69, 9.17) is 21.1 Å². The Balaban J connectivity index is 1.68. The number of aryl methyl sites for hydroxylation is 1. The zero-order chi connectivity index (χ0) is 20.4. The van der Waals surface area contributed by atoms with Crippen LogP contribution in [0.1, 0.15) is 11.1 Å². The van der Waals surface area contributed by atoms with Gasteiger partial charge < -0.3 is 14.5 Å². The molecule has 0 aliphatic rings. The Labute approximate surface area is 172 Å². The van der Waals surface area contributed by atoms with E-state index in [0.29, 0.717) is 34.1 Å². The normalized spacial score (nSPS) is 10.9. The smallest absolute Gasteiger partial charge is 0.259 e. The number of benzene rings is 3. The number of aromatic amines is 1. The van der Waals surface area contributed by atoms with Crippen molar-refractivity contribution in [3.63, 3.8) is 0 Å². The summed E-state index contributed by atoms with van der Waals surface area (Å²) in [5, 5.41) is 1.26. The number of para-hydroxylation sites is 1. The van der Waals surface area contributed by atoms with E-state index in [-0.39, 0.29) is 5.56 Å². The molecule has 0 bridgehead atoms. The summed E-state index contributed by atoms with van der Waals surface area (Å²) >= 11 is 6.08. The van der Waals surface area contributed by atoms with Crippen molar-refractivity contribution in [3.8, 4) is 22.9 Å². The molecule has 1 heterocycles. The lowest BCUT2D eigenvalue weighted by atomic mass is 10.1. The molecule has 5 nitrogen and oxygen atoms in total. The van der Waals surface area contributed by atoms with Crippen LogP contribution < -0.4 is 15.0 Å². The van der Waals surface area contributed by atoms with Crippen LogP contribution in [0.5, 0.6) is 11.5 Å². The number of rotatable bonds is 5. The van der Waals surface area contributed by atoms with Crippen LogP contribution in [0, 0.1) is 6.92 Å². The topological polar surface area (TPSA) is 64.2 Å². The van der Waals surface area contributed by atoms with Gasteiger partial charge in [0.15, 0.2) is 0 Å². The fourth-order valence-electron chi connectivity index (χ4n) is 3.13. The largest absolute Gasteiger partial charge is 0.496 e. The lowest BCUT2D eigenvalue weighted by Gasteiger charge is -2.13. The van der Waals surface area contributed by atoms with E-state index in [2.05, 4.69) is 9.97 Å². The van der Waals surface area contributed by atoms with Crippen LogP contribution >= 0.6 is 11.6 Å². The van der Waals surface area contributed by atoms with Gasteiger partial charge in [0.25, 0.3) is 5.56 Å². The predicted molar refractivity (Wildman–Crippen MR) is 115 cm³/mol. The third kappa shape index (κ3) is 3.96. The van der Waals surface area contributed by atoms with Gasteiger partial charge in [0, 0.05) is 16.1 Å². The Morgan fingerprint density at radius 1 is 1.07 bits per heavy atom. The molecule has 4 aromatic rings. The summed E-state index contributed by atoms with van der Waals surface area (Å²) in [5.41, 5.74) is 3.04. The van der Waals surface area contributed by atoms with Gasteiger partial charge >= 0.3 is 0 Å².